The molecule has 2 aromatic heterocycles. The molecule has 0 aliphatic carbocycles. The first-order valence-corrected chi connectivity index (χ1v) is 7.64. The van der Waals surface area contributed by atoms with Gasteiger partial charge in [0.05, 0.1) is 17.2 Å². The lowest BCUT2D eigenvalue weighted by Gasteiger charge is -2.10. The lowest BCUT2D eigenvalue weighted by Crippen LogP contribution is -2.37. The summed E-state index contributed by atoms with van der Waals surface area (Å²) < 4.78 is 5.40. The SMILES string of the molecule is Cc1cnc([C@H](C)CNC(=O)NCc2nc(C)c(C)o2)s1. The van der Waals surface area contributed by atoms with Gasteiger partial charge in [-0.1, -0.05) is 6.92 Å². The van der Waals surface area contributed by atoms with Crippen molar-refractivity contribution in [3.05, 3.63) is 33.4 Å². The molecule has 0 aliphatic heterocycles. The summed E-state index contributed by atoms with van der Waals surface area (Å²) in [7, 11) is 0. The highest BCUT2D eigenvalue weighted by molar-refractivity contribution is 7.11. The molecule has 2 aromatic rings. The van der Waals surface area contributed by atoms with Crippen LogP contribution in [0, 0.1) is 20.8 Å². The van der Waals surface area contributed by atoms with Crippen LogP contribution in [0.25, 0.3) is 0 Å². The van der Waals surface area contributed by atoms with Crippen molar-refractivity contribution in [2.45, 2.75) is 40.2 Å². The molecule has 21 heavy (non-hydrogen) atoms. The largest absolute Gasteiger partial charge is 0.444 e. The van der Waals surface area contributed by atoms with Gasteiger partial charge < -0.3 is 15.1 Å². The van der Waals surface area contributed by atoms with E-state index in [4.69, 9.17) is 4.42 Å². The second kappa shape index (κ2) is 6.71. The smallest absolute Gasteiger partial charge is 0.315 e. The predicted molar refractivity (Wildman–Crippen MR) is 81.5 cm³/mol. The summed E-state index contributed by atoms with van der Waals surface area (Å²) in [4.78, 5) is 21.4. The van der Waals surface area contributed by atoms with Crippen LogP contribution in [0.4, 0.5) is 4.79 Å². The maximum absolute atomic E-state index is 11.7. The molecule has 0 aliphatic rings. The van der Waals surface area contributed by atoms with Gasteiger partial charge in [-0.25, -0.2) is 14.8 Å². The Morgan fingerprint density at radius 2 is 2.14 bits per heavy atom. The molecule has 0 bridgehead atoms. The number of nitrogens with zero attached hydrogens (tertiary/aromatic N) is 2. The fourth-order valence-electron chi connectivity index (χ4n) is 1.77. The molecule has 0 fully saturated rings. The number of nitrogens with one attached hydrogen (secondary N) is 2. The Morgan fingerprint density at radius 3 is 2.71 bits per heavy atom. The number of urea groups is 1. The number of oxazole rings is 1. The third-order valence-corrected chi connectivity index (χ3v) is 4.25. The maximum atomic E-state index is 11.7. The molecule has 0 aromatic carbocycles. The van der Waals surface area contributed by atoms with Gasteiger partial charge in [-0.3, -0.25) is 0 Å². The van der Waals surface area contributed by atoms with Crippen LogP contribution in [-0.4, -0.2) is 22.5 Å². The van der Waals surface area contributed by atoms with Crippen LogP contribution in [0.15, 0.2) is 10.6 Å². The topological polar surface area (TPSA) is 80.0 Å². The number of hydrogen-bond acceptors (Lipinski definition) is 5. The van der Waals surface area contributed by atoms with Crippen molar-refractivity contribution in [1.82, 2.24) is 20.6 Å². The third-order valence-electron chi connectivity index (χ3n) is 3.10. The normalized spacial score (nSPS) is 12.2. The van der Waals surface area contributed by atoms with E-state index in [2.05, 4.69) is 20.6 Å². The Morgan fingerprint density at radius 1 is 1.38 bits per heavy atom. The van der Waals surface area contributed by atoms with Gasteiger partial charge in [-0.05, 0) is 20.8 Å². The lowest BCUT2D eigenvalue weighted by molar-refractivity contribution is 0.238. The van der Waals surface area contributed by atoms with E-state index in [1.807, 2.05) is 33.9 Å². The minimum Gasteiger partial charge on any atom is -0.444 e. The quantitative estimate of drug-likeness (QED) is 0.890. The third kappa shape index (κ3) is 4.29. The van der Waals surface area contributed by atoms with Gasteiger partial charge in [0.2, 0.25) is 5.89 Å². The van der Waals surface area contributed by atoms with Gasteiger partial charge in [0.15, 0.2) is 0 Å². The molecule has 0 saturated carbocycles. The average Bonchev–Trinajstić information content (AvgIpc) is 3.00. The molecule has 7 heteroatoms. The first kappa shape index (κ1) is 15.5. The second-order valence-electron chi connectivity index (χ2n) is 5.02. The van der Waals surface area contributed by atoms with Crippen molar-refractivity contribution in [3.8, 4) is 0 Å². The molecule has 6 nitrogen and oxygen atoms in total. The van der Waals surface area contributed by atoms with E-state index in [0.717, 1.165) is 16.5 Å². The van der Waals surface area contributed by atoms with Crippen molar-refractivity contribution in [1.29, 1.82) is 0 Å². The number of amides is 2. The summed E-state index contributed by atoms with van der Waals surface area (Å²) >= 11 is 1.65. The number of rotatable bonds is 5. The van der Waals surface area contributed by atoms with Gasteiger partial charge in [0.25, 0.3) is 0 Å². The number of thiazole rings is 1. The Kier molecular flexibility index (Phi) is 4.95. The minimum atomic E-state index is -0.233. The zero-order valence-corrected chi connectivity index (χ0v) is 13.5. The van der Waals surface area contributed by atoms with Gasteiger partial charge >= 0.3 is 6.03 Å². The Bertz CT molecular complexity index is 601. The van der Waals surface area contributed by atoms with E-state index in [-0.39, 0.29) is 18.5 Å². The second-order valence-corrected chi connectivity index (χ2v) is 6.29. The molecule has 1 atom stereocenters. The van der Waals surface area contributed by atoms with Crippen molar-refractivity contribution in [2.75, 3.05) is 6.54 Å². The maximum Gasteiger partial charge on any atom is 0.315 e. The van der Waals surface area contributed by atoms with E-state index in [9.17, 15) is 4.79 Å². The first-order valence-electron chi connectivity index (χ1n) is 6.82. The summed E-state index contributed by atoms with van der Waals surface area (Å²) in [6.07, 6.45) is 1.85. The van der Waals surface area contributed by atoms with Crippen molar-refractivity contribution >= 4 is 17.4 Å². The molecular formula is C14H20N4O2S. The number of hydrogen-bond donors (Lipinski definition) is 2. The zero-order valence-electron chi connectivity index (χ0n) is 12.7. The van der Waals surface area contributed by atoms with Crippen LogP contribution in [0.5, 0.6) is 0 Å². The number of carbonyl (C=O) groups is 1. The van der Waals surface area contributed by atoms with Gasteiger partial charge in [-0.2, -0.15) is 0 Å². The summed E-state index contributed by atoms with van der Waals surface area (Å²) in [5, 5.41) is 6.59. The molecule has 0 unspecified atom stereocenters. The lowest BCUT2D eigenvalue weighted by atomic mass is 10.2. The molecule has 0 spiro atoms. The number of aromatic nitrogens is 2. The zero-order chi connectivity index (χ0) is 15.4. The van der Waals surface area contributed by atoms with Crippen molar-refractivity contribution in [3.63, 3.8) is 0 Å². The summed E-state index contributed by atoms with van der Waals surface area (Å²) in [5.41, 5.74) is 0.847. The van der Waals surface area contributed by atoms with Crippen LogP contribution in [-0.2, 0) is 6.54 Å². The minimum absolute atomic E-state index is 0.195. The average molecular weight is 308 g/mol. The van der Waals surface area contributed by atoms with E-state index < -0.39 is 0 Å². The summed E-state index contributed by atoms with van der Waals surface area (Å²) in [6.45, 7) is 8.62. The molecular weight excluding hydrogens is 288 g/mol. The molecule has 0 saturated heterocycles. The van der Waals surface area contributed by atoms with Gasteiger partial charge in [-0.15, -0.1) is 11.3 Å². The standard InChI is InChI=1S/C14H20N4O2S/c1-8(13-15-6-9(2)21-13)5-16-14(19)17-7-12-18-10(3)11(4)20-12/h6,8H,5,7H2,1-4H3,(H2,16,17,19)/t8-/m1/s1. The van der Waals surface area contributed by atoms with Gasteiger partial charge in [0, 0.05) is 23.5 Å². The number of aryl methyl sites for hydroxylation is 3. The summed E-state index contributed by atoms with van der Waals surface area (Å²) in [5.74, 6) is 1.49. The molecule has 114 valence electrons. The monoisotopic (exact) mass is 308 g/mol. The van der Waals surface area contributed by atoms with Crippen LogP contribution >= 0.6 is 11.3 Å². The number of carbonyl (C=O) groups excluding carboxylic acids is 1. The van der Waals surface area contributed by atoms with E-state index in [0.29, 0.717) is 12.4 Å². The predicted octanol–water partition coefficient (Wildman–Crippen LogP) is 2.66. The van der Waals surface area contributed by atoms with Crippen LogP contribution in [0.2, 0.25) is 0 Å². The van der Waals surface area contributed by atoms with E-state index in [1.165, 1.54) is 4.88 Å². The first-order chi connectivity index (χ1) is 9.95. The molecule has 0 radical (unpaired) electrons. The van der Waals surface area contributed by atoms with Crippen LogP contribution < -0.4 is 10.6 Å². The molecule has 2 N–H and O–H groups in total. The summed E-state index contributed by atoms with van der Waals surface area (Å²) in [6, 6.07) is -0.233. The fourth-order valence-corrected chi connectivity index (χ4v) is 2.59. The molecule has 2 rings (SSSR count). The Hall–Kier alpha value is -1.89. The van der Waals surface area contributed by atoms with E-state index in [1.54, 1.807) is 11.3 Å². The van der Waals surface area contributed by atoms with Crippen LogP contribution in [0.3, 0.4) is 0 Å². The highest BCUT2D eigenvalue weighted by atomic mass is 32.1. The molecule has 2 amide bonds. The highest BCUT2D eigenvalue weighted by Crippen LogP contribution is 2.20. The molecule has 2 heterocycles. The van der Waals surface area contributed by atoms with Gasteiger partial charge in [0.1, 0.15) is 5.76 Å². The Balaban J connectivity index is 1.74. The fraction of sp³-hybridized carbons (Fsp3) is 0.500. The highest BCUT2D eigenvalue weighted by Gasteiger charge is 2.12. The van der Waals surface area contributed by atoms with Crippen LogP contribution in [0.1, 0.15) is 40.1 Å². The van der Waals surface area contributed by atoms with Crippen molar-refractivity contribution < 1.29 is 9.21 Å². The van der Waals surface area contributed by atoms with Crippen molar-refractivity contribution in [2.24, 2.45) is 0 Å². The Labute approximate surface area is 128 Å². The van der Waals surface area contributed by atoms with E-state index >= 15 is 0 Å².